The summed E-state index contributed by atoms with van der Waals surface area (Å²) in [5.41, 5.74) is 8.32. The largest absolute Gasteiger partial charge is 0.514 e. The molecule has 1 aliphatic rings. The summed E-state index contributed by atoms with van der Waals surface area (Å²) in [5, 5.41) is 0. The molecule has 0 aliphatic carbocycles. The molecule has 3 heterocycles. The molecule has 1 saturated heterocycles. The second-order valence-corrected chi connectivity index (χ2v) is 6.57. The van der Waals surface area contributed by atoms with Gasteiger partial charge in [0.25, 0.3) is 0 Å². The highest BCUT2D eigenvalue weighted by molar-refractivity contribution is 6.61. The third-order valence-corrected chi connectivity index (χ3v) is 4.37. The lowest BCUT2D eigenvalue weighted by Gasteiger charge is -2.32. The molecule has 0 spiro atoms. The average molecular weight is 297 g/mol. The number of nitrogens with zero attached hydrogens (tertiary/aromatic N) is 2. The standard InChI is InChI=1S/C16H20BN3O2/c1-15(2)16(3,4)22-17(21-15)14-6-5-11(9-20-14)12-7-13(18)10-19-8-12/h5-10H,18H2,1-4H3. The van der Waals surface area contributed by atoms with E-state index in [1.54, 1.807) is 18.6 Å². The minimum atomic E-state index is -0.446. The molecular weight excluding hydrogens is 277 g/mol. The molecule has 114 valence electrons. The van der Waals surface area contributed by atoms with E-state index in [2.05, 4.69) is 9.97 Å². The fourth-order valence-electron chi connectivity index (χ4n) is 2.29. The van der Waals surface area contributed by atoms with Gasteiger partial charge in [0.05, 0.1) is 22.5 Å². The molecule has 0 unspecified atom stereocenters. The molecule has 0 bridgehead atoms. The number of hydrogen-bond acceptors (Lipinski definition) is 5. The maximum absolute atomic E-state index is 6.00. The van der Waals surface area contributed by atoms with Crippen molar-refractivity contribution in [2.45, 2.75) is 38.9 Å². The second-order valence-electron chi connectivity index (χ2n) is 6.57. The number of nitrogens with two attached hydrogens (primary N) is 1. The molecule has 0 saturated carbocycles. The van der Waals surface area contributed by atoms with Gasteiger partial charge >= 0.3 is 7.12 Å². The Balaban J connectivity index is 1.84. The predicted molar refractivity (Wildman–Crippen MR) is 87.6 cm³/mol. The Morgan fingerprint density at radius 2 is 1.64 bits per heavy atom. The van der Waals surface area contributed by atoms with Gasteiger partial charge in [-0.25, -0.2) is 0 Å². The van der Waals surface area contributed by atoms with Crippen molar-refractivity contribution in [1.82, 2.24) is 9.97 Å². The van der Waals surface area contributed by atoms with Gasteiger partial charge < -0.3 is 15.0 Å². The molecule has 2 aromatic heterocycles. The number of aromatic nitrogens is 2. The van der Waals surface area contributed by atoms with Crippen LogP contribution in [0.25, 0.3) is 11.1 Å². The Morgan fingerprint density at radius 1 is 0.955 bits per heavy atom. The smallest absolute Gasteiger partial charge is 0.398 e. The van der Waals surface area contributed by atoms with Gasteiger partial charge in [-0.15, -0.1) is 0 Å². The maximum Gasteiger partial charge on any atom is 0.514 e. The molecule has 2 N–H and O–H groups in total. The second kappa shape index (κ2) is 5.07. The van der Waals surface area contributed by atoms with E-state index in [1.165, 1.54) is 0 Å². The zero-order valence-electron chi connectivity index (χ0n) is 13.3. The maximum atomic E-state index is 6.00. The lowest BCUT2D eigenvalue weighted by molar-refractivity contribution is 0.00578. The highest BCUT2D eigenvalue weighted by atomic mass is 16.7. The van der Waals surface area contributed by atoms with Gasteiger partial charge in [-0.2, -0.15) is 0 Å². The summed E-state index contributed by atoms with van der Waals surface area (Å²) >= 11 is 0. The first kappa shape index (κ1) is 15.0. The fourth-order valence-corrected chi connectivity index (χ4v) is 2.29. The molecule has 1 aliphatic heterocycles. The van der Waals surface area contributed by atoms with Crippen LogP contribution in [0.3, 0.4) is 0 Å². The number of anilines is 1. The van der Waals surface area contributed by atoms with Crippen molar-refractivity contribution < 1.29 is 9.31 Å². The topological polar surface area (TPSA) is 70.3 Å². The van der Waals surface area contributed by atoms with E-state index in [0.717, 1.165) is 16.7 Å². The van der Waals surface area contributed by atoms with Crippen LogP contribution >= 0.6 is 0 Å². The van der Waals surface area contributed by atoms with E-state index in [4.69, 9.17) is 15.0 Å². The third-order valence-electron chi connectivity index (χ3n) is 4.37. The van der Waals surface area contributed by atoms with Gasteiger partial charge in [0.15, 0.2) is 0 Å². The van der Waals surface area contributed by atoms with Crippen LogP contribution in [0.5, 0.6) is 0 Å². The third kappa shape index (κ3) is 2.60. The Labute approximate surface area is 131 Å². The van der Waals surface area contributed by atoms with E-state index in [1.807, 2.05) is 45.9 Å². The summed E-state index contributed by atoms with van der Waals surface area (Å²) in [6.07, 6.45) is 5.17. The molecule has 22 heavy (non-hydrogen) atoms. The molecule has 1 fully saturated rings. The minimum absolute atomic E-state index is 0.365. The number of hydrogen-bond donors (Lipinski definition) is 1. The molecule has 0 aromatic carbocycles. The number of rotatable bonds is 2. The first-order valence-electron chi connectivity index (χ1n) is 7.31. The highest BCUT2D eigenvalue weighted by Crippen LogP contribution is 2.36. The van der Waals surface area contributed by atoms with Gasteiger partial charge in [0.2, 0.25) is 0 Å². The Bertz CT molecular complexity index is 670. The molecular formula is C16H20BN3O2. The van der Waals surface area contributed by atoms with Crippen molar-refractivity contribution in [2.24, 2.45) is 0 Å². The Morgan fingerprint density at radius 3 is 2.18 bits per heavy atom. The molecule has 0 amide bonds. The Kier molecular flexibility index (Phi) is 3.46. The predicted octanol–water partition coefficient (Wildman–Crippen LogP) is 2.02. The van der Waals surface area contributed by atoms with Crippen molar-refractivity contribution in [2.75, 3.05) is 5.73 Å². The van der Waals surface area contributed by atoms with Crippen molar-refractivity contribution in [1.29, 1.82) is 0 Å². The van der Waals surface area contributed by atoms with Crippen LogP contribution in [0.1, 0.15) is 27.7 Å². The highest BCUT2D eigenvalue weighted by Gasteiger charge is 2.52. The number of nitrogen functional groups attached to an aromatic ring is 1. The van der Waals surface area contributed by atoms with E-state index in [-0.39, 0.29) is 11.2 Å². The van der Waals surface area contributed by atoms with Gasteiger partial charge in [0, 0.05) is 29.7 Å². The van der Waals surface area contributed by atoms with Crippen LogP contribution in [-0.2, 0) is 9.31 Å². The molecule has 0 atom stereocenters. The SMILES string of the molecule is CC1(C)OB(c2ccc(-c3cncc(N)c3)cn2)OC1(C)C. The van der Waals surface area contributed by atoms with Crippen LogP contribution < -0.4 is 11.3 Å². The number of pyridine rings is 2. The summed E-state index contributed by atoms with van der Waals surface area (Å²) in [5.74, 6) is 0. The van der Waals surface area contributed by atoms with Crippen LogP contribution in [0.4, 0.5) is 5.69 Å². The van der Waals surface area contributed by atoms with E-state index in [9.17, 15) is 0 Å². The summed E-state index contributed by atoms with van der Waals surface area (Å²) < 4.78 is 12.0. The lowest BCUT2D eigenvalue weighted by Crippen LogP contribution is -2.41. The van der Waals surface area contributed by atoms with Gasteiger partial charge in [-0.3, -0.25) is 9.97 Å². The van der Waals surface area contributed by atoms with Crippen LogP contribution in [0, 0.1) is 0 Å². The summed E-state index contributed by atoms with van der Waals surface area (Å²) in [7, 11) is -0.446. The van der Waals surface area contributed by atoms with Gasteiger partial charge in [0.1, 0.15) is 0 Å². The van der Waals surface area contributed by atoms with Crippen LogP contribution in [0.15, 0.2) is 36.8 Å². The molecule has 3 rings (SSSR count). The van der Waals surface area contributed by atoms with Crippen LogP contribution in [0.2, 0.25) is 0 Å². The molecule has 2 aromatic rings. The molecule has 5 nitrogen and oxygen atoms in total. The normalized spacial score (nSPS) is 19.4. The molecule has 6 heteroatoms. The van der Waals surface area contributed by atoms with E-state index in [0.29, 0.717) is 5.69 Å². The van der Waals surface area contributed by atoms with Crippen molar-refractivity contribution in [3.05, 3.63) is 36.8 Å². The van der Waals surface area contributed by atoms with Gasteiger partial charge in [-0.05, 0) is 39.8 Å². The first-order chi connectivity index (χ1) is 10.3. The van der Waals surface area contributed by atoms with E-state index < -0.39 is 7.12 Å². The summed E-state index contributed by atoms with van der Waals surface area (Å²) in [6.45, 7) is 8.11. The Hall–Kier alpha value is -1.92. The minimum Gasteiger partial charge on any atom is -0.398 e. The lowest BCUT2D eigenvalue weighted by atomic mass is 9.84. The zero-order valence-corrected chi connectivity index (χ0v) is 13.3. The van der Waals surface area contributed by atoms with E-state index >= 15 is 0 Å². The monoisotopic (exact) mass is 297 g/mol. The van der Waals surface area contributed by atoms with Gasteiger partial charge in [-0.1, -0.05) is 6.07 Å². The summed E-state index contributed by atoms with van der Waals surface area (Å²) in [6, 6.07) is 5.77. The summed E-state index contributed by atoms with van der Waals surface area (Å²) in [4.78, 5) is 8.58. The quantitative estimate of drug-likeness (QED) is 0.859. The van der Waals surface area contributed by atoms with Crippen LogP contribution in [-0.4, -0.2) is 28.3 Å². The van der Waals surface area contributed by atoms with Crippen molar-refractivity contribution in [3.8, 4) is 11.1 Å². The zero-order chi connectivity index (χ0) is 16.0. The fraction of sp³-hybridized carbons (Fsp3) is 0.375. The van der Waals surface area contributed by atoms with Crippen molar-refractivity contribution >= 4 is 18.4 Å². The molecule has 0 radical (unpaired) electrons. The average Bonchev–Trinajstić information content (AvgIpc) is 2.68. The van der Waals surface area contributed by atoms with Crippen molar-refractivity contribution in [3.63, 3.8) is 0 Å². The first-order valence-corrected chi connectivity index (χ1v) is 7.31.